The summed E-state index contributed by atoms with van der Waals surface area (Å²) in [6, 6.07) is 8.80. The minimum absolute atomic E-state index is 0.133. The van der Waals surface area contributed by atoms with Crippen molar-refractivity contribution < 1.29 is 9.84 Å². The number of rotatable bonds is 4. The summed E-state index contributed by atoms with van der Waals surface area (Å²) in [4.78, 5) is 3.91. The quantitative estimate of drug-likeness (QED) is 0.834. The maximum absolute atomic E-state index is 9.49. The van der Waals surface area contributed by atoms with Crippen LogP contribution in [0.3, 0.4) is 0 Å². The van der Waals surface area contributed by atoms with Gasteiger partial charge in [-0.2, -0.15) is 0 Å². The second kappa shape index (κ2) is 5.60. The minimum Gasteiger partial charge on any atom is -0.504 e. The number of aromatic hydroxyl groups is 1. The van der Waals surface area contributed by atoms with Crippen LogP contribution >= 0.6 is 11.6 Å². The third-order valence-electron chi connectivity index (χ3n) is 2.47. The molecule has 0 saturated carbocycles. The van der Waals surface area contributed by atoms with E-state index in [4.69, 9.17) is 16.3 Å². The van der Waals surface area contributed by atoms with Gasteiger partial charge in [0.05, 0.1) is 7.11 Å². The van der Waals surface area contributed by atoms with Gasteiger partial charge < -0.3 is 15.2 Å². The monoisotopic (exact) mass is 264 g/mol. The molecule has 0 saturated heterocycles. The van der Waals surface area contributed by atoms with Crippen LogP contribution in [0, 0.1) is 0 Å². The highest BCUT2D eigenvalue weighted by Crippen LogP contribution is 2.26. The number of anilines is 1. The average Bonchev–Trinajstić information content (AvgIpc) is 2.38. The summed E-state index contributed by atoms with van der Waals surface area (Å²) >= 11 is 5.79. The zero-order valence-electron chi connectivity index (χ0n) is 9.85. The highest BCUT2D eigenvalue weighted by molar-refractivity contribution is 6.29. The third-order valence-corrected chi connectivity index (χ3v) is 2.67. The fourth-order valence-electron chi connectivity index (χ4n) is 1.55. The maximum atomic E-state index is 9.49. The average molecular weight is 265 g/mol. The number of nitrogens with zero attached hydrogens (tertiary/aromatic N) is 1. The molecule has 0 fully saturated rings. The Bertz CT molecular complexity index is 546. The van der Waals surface area contributed by atoms with Crippen molar-refractivity contribution in [2.75, 3.05) is 12.4 Å². The lowest BCUT2D eigenvalue weighted by Gasteiger charge is -2.09. The Morgan fingerprint density at radius 1 is 1.33 bits per heavy atom. The fourth-order valence-corrected chi connectivity index (χ4v) is 1.72. The SMILES string of the molecule is COc1cc(CNc2ccnc(Cl)c2)ccc1O. The predicted molar refractivity (Wildman–Crippen MR) is 71.2 cm³/mol. The van der Waals surface area contributed by atoms with Crippen molar-refractivity contribution in [3.63, 3.8) is 0 Å². The molecule has 0 aliphatic heterocycles. The van der Waals surface area contributed by atoms with Crippen LogP contribution in [0.4, 0.5) is 5.69 Å². The summed E-state index contributed by atoms with van der Waals surface area (Å²) in [5.41, 5.74) is 1.89. The zero-order valence-corrected chi connectivity index (χ0v) is 10.6. The molecule has 1 aromatic carbocycles. The van der Waals surface area contributed by atoms with Crippen LogP contribution < -0.4 is 10.1 Å². The molecule has 0 radical (unpaired) electrons. The number of methoxy groups -OCH3 is 1. The number of phenols is 1. The molecule has 0 aliphatic rings. The lowest BCUT2D eigenvalue weighted by atomic mass is 10.2. The van der Waals surface area contributed by atoms with E-state index in [2.05, 4.69) is 10.3 Å². The van der Waals surface area contributed by atoms with E-state index in [0.29, 0.717) is 17.4 Å². The van der Waals surface area contributed by atoms with Gasteiger partial charge in [-0.15, -0.1) is 0 Å². The molecule has 2 N–H and O–H groups in total. The van der Waals surface area contributed by atoms with Gasteiger partial charge in [0, 0.05) is 18.4 Å². The second-order valence-electron chi connectivity index (χ2n) is 3.73. The van der Waals surface area contributed by atoms with Crippen molar-refractivity contribution >= 4 is 17.3 Å². The molecule has 5 heteroatoms. The number of halogens is 1. The standard InChI is InChI=1S/C13H13ClN2O2/c1-18-12-6-9(2-3-11(12)17)8-16-10-4-5-15-13(14)7-10/h2-7,17H,8H2,1H3,(H,15,16). The largest absolute Gasteiger partial charge is 0.504 e. The van der Waals surface area contributed by atoms with Crippen molar-refractivity contribution in [1.29, 1.82) is 0 Å². The Morgan fingerprint density at radius 2 is 2.17 bits per heavy atom. The molecule has 0 amide bonds. The molecule has 18 heavy (non-hydrogen) atoms. The predicted octanol–water partition coefficient (Wildman–Crippen LogP) is 3.06. The van der Waals surface area contributed by atoms with Crippen molar-refractivity contribution in [3.8, 4) is 11.5 Å². The Morgan fingerprint density at radius 3 is 2.89 bits per heavy atom. The van der Waals surface area contributed by atoms with E-state index in [0.717, 1.165) is 11.3 Å². The Hall–Kier alpha value is -1.94. The van der Waals surface area contributed by atoms with Gasteiger partial charge in [-0.3, -0.25) is 0 Å². The summed E-state index contributed by atoms with van der Waals surface area (Å²) in [5, 5.41) is 13.1. The van der Waals surface area contributed by atoms with Gasteiger partial charge in [0.25, 0.3) is 0 Å². The van der Waals surface area contributed by atoms with Crippen LogP contribution in [0.2, 0.25) is 5.15 Å². The molecule has 2 rings (SSSR count). The molecule has 0 aliphatic carbocycles. The summed E-state index contributed by atoms with van der Waals surface area (Å²) in [7, 11) is 1.52. The van der Waals surface area contributed by atoms with Gasteiger partial charge in [0.2, 0.25) is 0 Å². The zero-order chi connectivity index (χ0) is 13.0. The van der Waals surface area contributed by atoms with Crippen LogP contribution in [0.1, 0.15) is 5.56 Å². The fraction of sp³-hybridized carbons (Fsp3) is 0.154. The van der Waals surface area contributed by atoms with Crippen molar-refractivity contribution in [3.05, 3.63) is 47.2 Å². The first-order valence-electron chi connectivity index (χ1n) is 5.40. The molecule has 0 bridgehead atoms. The number of benzene rings is 1. The topological polar surface area (TPSA) is 54.4 Å². The first kappa shape index (κ1) is 12.5. The molecule has 1 aromatic heterocycles. The van der Waals surface area contributed by atoms with Gasteiger partial charge in [-0.25, -0.2) is 4.98 Å². The molecule has 2 aromatic rings. The van der Waals surface area contributed by atoms with Crippen LogP contribution in [-0.2, 0) is 6.54 Å². The van der Waals surface area contributed by atoms with E-state index < -0.39 is 0 Å². The number of aromatic nitrogens is 1. The smallest absolute Gasteiger partial charge is 0.160 e. The normalized spacial score (nSPS) is 10.1. The van der Waals surface area contributed by atoms with E-state index in [1.165, 1.54) is 7.11 Å². The van der Waals surface area contributed by atoms with E-state index in [1.807, 2.05) is 12.1 Å². The van der Waals surface area contributed by atoms with Crippen molar-refractivity contribution in [2.45, 2.75) is 6.54 Å². The van der Waals surface area contributed by atoms with Crippen LogP contribution in [-0.4, -0.2) is 17.2 Å². The van der Waals surface area contributed by atoms with Crippen LogP contribution in [0.15, 0.2) is 36.5 Å². The van der Waals surface area contributed by atoms with E-state index >= 15 is 0 Å². The van der Waals surface area contributed by atoms with E-state index in [1.54, 1.807) is 24.4 Å². The molecule has 0 atom stereocenters. The number of ether oxygens (including phenoxy) is 1. The molecule has 0 unspecified atom stereocenters. The number of hydrogen-bond donors (Lipinski definition) is 2. The molecule has 94 valence electrons. The van der Waals surface area contributed by atoms with E-state index in [-0.39, 0.29) is 5.75 Å². The Labute approximate surface area is 110 Å². The van der Waals surface area contributed by atoms with Gasteiger partial charge in [0.1, 0.15) is 5.15 Å². The van der Waals surface area contributed by atoms with Gasteiger partial charge in [-0.1, -0.05) is 17.7 Å². The summed E-state index contributed by atoms with van der Waals surface area (Å²) in [6.45, 7) is 0.608. The Balaban J connectivity index is 2.06. The second-order valence-corrected chi connectivity index (χ2v) is 4.11. The van der Waals surface area contributed by atoms with Crippen LogP contribution in [0.5, 0.6) is 11.5 Å². The molecule has 1 heterocycles. The third kappa shape index (κ3) is 3.05. The van der Waals surface area contributed by atoms with Crippen LogP contribution in [0.25, 0.3) is 0 Å². The molecule has 0 spiro atoms. The first-order chi connectivity index (χ1) is 8.69. The highest BCUT2D eigenvalue weighted by atomic mass is 35.5. The van der Waals surface area contributed by atoms with Gasteiger partial charge in [0.15, 0.2) is 11.5 Å². The number of phenolic OH excluding ortho intramolecular Hbond substituents is 1. The van der Waals surface area contributed by atoms with Crippen molar-refractivity contribution in [2.24, 2.45) is 0 Å². The number of pyridine rings is 1. The summed E-state index contributed by atoms with van der Waals surface area (Å²) in [6.07, 6.45) is 1.64. The lowest BCUT2D eigenvalue weighted by Crippen LogP contribution is -1.99. The Kier molecular flexibility index (Phi) is 3.89. The van der Waals surface area contributed by atoms with Crippen molar-refractivity contribution in [1.82, 2.24) is 4.98 Å². The maximum Gasteiger partial charge on any atom is 0.160 e. The number of hydrogen-bond acceptors (Lipinski definition) is 4. The van der Waals surface area contributed by atoms with Gasteiger partial charge >= 0.3 is 0 Å². The molecular weight excluding hydrogens is 252 g/mol. The van der Waals surface area contributed by atoms with Gasteiger partial charge in [-0.05, 0) is 29.8 Å². The first-order valence-corrected chi connectivity index (χ1v) is 5.78. The highest BCUT2D eigenvalue weighted by Gasteiger charge is 2.02. The van der Waals surface area contributed by atoms with E-state index in [9.17, 15) is 5.11 Å². The number of nitrogens with one attached hydrogen (secondary N) is 1. The lowest BCUT2D eigenvalue weighted by molar-refractivity contribution is 0.373. The molecule has 4 nitrogen and oxygen atoms in total. The molecular formula is C13H13ClN2O2. The summed E-state index contributed by atoms with van der Waals surface area (Å²) in [5.74, 6) is 0.593. The summed E-state index contributed by atoms with van der Waals surface area (Å²) < 4.78 is 5.05. The minimum atomic E-state index is 0.133.